The Labute approximate surface area is 96.9 Å². The molecule has 1 unspecified atom stereocenters. The minimum absolute atomic E-state index is 0.0593. The van der Waals surface area contributed by atoms with Crippen LogP contribution in [0.2, 0.25) is 0 Å². The van der Waals surface area contributed by atoms with Crippen molar-refractivity contribution in [3.8, 4) is 6.07 Å². The molecule has 1 aliphatic rings. The predicted molar refractivity (Wildman–Crippen MR) is 60.4 cm³/mol. The Hall–Kier alpha value is -1.08. The monoisotopic (exact) mass is 224 g/mol. The Morgan fingerprint density at radius 2 is 2.19 bits per heavy atom. The topological polar surface area (TPSA) is 64.3 Å². The summed E-state index contributed by atoms with van der Waals surface area (Å²) in [5.74, 6) is 0.130. The van der Waals surface area contributed by atoms with Crippen LogP contribution >= 0.6 is 0 Å². The van der Waals surface area contributed by atoms with Crippen LogP contribution in [0, 0.1) is 22.7 Å². The Balaban J connectivity index is 2.74. The Kier molecular flexibility index (Phi) is 4.31. The van der Waals surface area contributed by atoms with Gasteiger partial charge < -0.3 is 10.0 Å². The minimum Gasteiger partial charge on any atom is -0.396 e. The van der Waals surface area contributed by atoms with Crippen LogP contribution in [-0.2, 0) is 4.79 Å². The number of hydrogen-bond acceptors (Lipinski definition) is 3. The molecule has 90 valence electrons. The molecule has 0 aromatic heterocycles. The summed E-state index contributed by atoms with van der Waals surface area (Å²) < 4.78 is 0. The van der Waals surface area contributed by atoms with Gasteiger partial charge in [0.25, 0.3) is 0 Å². The van der Waals surface area contributed by atoms with Crippen molar-refractivity contribution in [1.29, 1.82) is 5.26 Å². The highest BCUT2D eigenvalue weighted by Gasteiger charge is 2.40. The molecule has 0 spiro atoms. The third-order valence-electron chi connectivity index (χ3n) is 3.66. The molecule has 1 N–H and O–H groups in total. The number of rotatable bonds is 4. The third-order valence-corrected chi connectivity index (χ3v) is 3.66. The first-order chi connectivity index (χ1) is 7.63. The van der Waals surface area contributed by atoms with Crippen molar-refractivity contribution in [1.82, 2.24) is 4.90 Å². The highest BCUT2D eigenvalue weighted by Crippen LogP contribution is 2.30. The van der Waals surface area contributed by atoms with Gasteiger partial charge >= 0.3 is 0 Å². The van der Waals surface area contributed by atoms with Gasteiger partial charge in [-0.15, -0.1) is 0 Å². The molecule has 1 heterocycles. The van der Waals surface area contributed by atoms with Crippen molar-refractivity contribution < 1.29 is 9.90 Å². The molecular formula is C12H20N2O2. The van der Waals surface area contributed by atoms with Gasteiger partial charge in [-0.3, -0.25) is 4.79 Å². The largest absolute Gasteiger partial charge is 0.396 e. The van der Waals surface area contributed by atoms with Gasteiger partial charge in [0.05, 0.1) is 6.07 Å². The maximum Gasteiger partial charge on any atom is 0.243 e. The lowest BCUT2D eigenvalue weighted by Gasteiger charge is -2.28. The Morgan fingerprint density at radius 1 is 1.56 bits per heavy atom. The summed E-state index contributed by atoms with van der Waals surface area (Å²) in [6.07, 6.45) is 1.95. The lowest BCUT2D eigenvalue weighted by molar-refractivity contribution is -0.138. The van der Waals surface area contributed by atoms with Crippen molar-refractivity contribution in [3.05, 3.63) is 0 Å². The molecule has 0 aromatic rings. The lowest BCUT2D eigenvalue weighted by Crippen LogP contribution is -2.41. The van der Waals surface area contributed by atoms with Crippen LogP contribution in [0.25, 0.3) is 0 Å². The highest BCUT2D eigenvalue weighted by atomic mass is 16.3. The average Bonchev–Trinajstić information content (AvgIpc) is 2.80. The van der Waals surface area contributed by atoms with Crippen molar-refractivity contribution in [2.45, 2.75) is 33.1 Å². The van der Waals surface area contributed by atoms with Crippen molar-refractivity contribution in [2.75, 3.05) is 19.7 Å². The van der Waals surface area contributed by atoms with Gasteiger partial charge in [0.2, 0.25) is 5.91 Å². The molecule has 0 bridgehead atoms. The molecule has 0 saturated carbocycles. The van der Waals surface area contributed by atoms with Crippen LogP contribution in [-0.4, -0.2) is 35.6 Å². The lowest BCUT2D eigenvalue weighted by atomic mass is 9.82. The van der Waals surface area contributed by atoms with E-state index in [1.807, 2.05) is 13.8 Å². The van der Waals surface area contributed by atoms with Gasteiger partial charge in [0, 0.05) is 25.6 Å². The van der Waals surface area contributed by atoms with Crippen LogP contribution < -0.4 is 0 Å². The molecule has 4 nitrogen and oxygen atoms in total. The number of aliphatic hydroxyl groups excluding tert-OH is 1. The molecule has 1 amide bonds. The van der Waals surface area contributed by atoms with Crippen LogP contribution in [0.1, 0.15) is 33.1 Å². The zero-order valence-corrected chi connectivity index (χ0v) is 10.1. The maximum atomic E-state index is 12.2. The summed E-state index contributed by atoms with van der Waals surface area (Å²) in [6, 6.07) is 2.17. The number of carbonyl (C=O) groups excluding carboxylic acids is 1. The summed E-state index contributed by atoms with van der Waals surface area (Å²) >= 11 is 0. The molecule has 1 atom stereocenters. The van der Waals surface area contributed by atoms with E-state index in [0.717, 1.165) is 6.42 Å². The van der Waals surface area contributed by atoms with E-state index >= 15 is 0 Å². The van der Waals surface area contributed by atoms with Crippen LogP contribution in [0.3, 0.4) is 0 Å². The first-order valence-corrected chi connectivity index (χ1v) is 5.95. The van der Waals surface area contributed by atoms with E-state index in [-0.39, 0.29) is 18.4 Å². The summed E-state index contributed by atoms with van der Waals surface area (Å²) in [5.41, 5.74) is -0.857. The fourth-order valence-electron chi connectivity index (χ4n) is 2.23. The quantitative estimate of drug-likeness (QED) is 0.779. The number of hydrogen-bond donors (Lipinski definition) is 1. The van der Waals surface area contributed by atoms with E-state index in [9.17, 15) is 10.1 Å². The number of amides is 1. The fraction of sp³-hybridized carbons (Fsp3) is 0.833. The van der Waals surface area contributed by atoms with Gasteiger partial charge in [-0.2, -0.15) is 5.26 Å². The first-order valence-electron chi connectivity index (χ1n) is 5.95. The van der Waals surface area contributed by atoms with Gasteiger partial charge in [0.1, 0.15) is 5.41 Å². The smallest absolute Gasteiger partial charge is 0.243 e. The van der Waals surface area contributed by atoms with Gasteiger partial charge in [-0.1, -0.05) is 13.8 Å². The Morgan fingerprint density at radius 3 is 2.56 bits per heavy atom. The molecule has 0 aliphatic carbocycles. The van der Waals surface area contributed by atoms with Crippen LogP contribution in [0.4, 0.5) is 0 Å². The average molecular weight is 224 g/mol. The van der Waals surface area contributed by atoms with Crippen molar-refractivity contribution in [3.63, 3.8) is 0 Å². The summed E-state index contributed by atoms with van der Waals surface area (Å²) in [4.78, 5) is 14.0. The van der Waals surface area contributed by atoms with E-state index < -0.39 is 5.41 Å². The minimum atomic E-state index is -0.857. The van der Waals surface area contributed by atoms with Crippen molar-refractivity contribution in [2.24, 2.45) is 11.3 Å². The van der Waals surface area contributed by atoms with Gasteiger partial charge in [-0.25, -0.2) is 0 Å². The zero-order valence-electron chi connectivity index (χ0n) is 10.1. The zero-order chi connectivity index (χ0) is 12.2. The van der Waals surface area contributed by atoms with E-state index in [4.69, 9.17) is 5.11 Å². The second kappa shape index (κ2) is 5.31. The maximum absolute atomic E-state index is 12.2. The van der Waals surface area contributed by atoms with Gasteiger partial charge in [-0.05, 0) is 19.3 Å². The van der Waals surface area contributed by atoms with Crippen LogP contribution in [0.15, 0.2) is 0 Å². The molecule has 0 radical (unpaired) electrons. The van der Waals surface area contributed by atoms with Crippen LogP contribution in [0.5, 0.6) is 0 Å². The van der Waals surface area contributed by atoms with Gasteiger partial charge in [0.15, 0.2) is 0 Å². The molecule has 4 heteroatoms. The molecule has 16 heavy (non-hydrogen) atoms. The number of nitriles is 1. The fourth-order valence-corrected chi connectivity index (χ4v) is 2.23. The summed E-state index contributed by atoms with van der Waals surface area (Å²) in [5, 5.41) is 18.2. The number of likely N-dealkylation sites (tertiary alicyclic amines) is 1. The van der Waals surface area contributed by atoms with E-state index in [1.54, 1.807) is 4.90 Å². The molecule has 1 saturated heterocycles. The molecule has 0 aromatic carbocycles. The van der Waals surface area contributed by atoms with E-state index in [2.05, 4.69) is 6.07 Å². The second-order valence-electron chi connectivity index (χ2n) is 4.49. The normalized spacial score (nSPS) is 20.9. The highest BCUT2D eigenvalue weighted by molar-refractivity contribution is 5.85. The molecule has 1 rings (SSSR count). The summed E-state index contributed by atoms with van der Waals surface area (Å²) in [7, 11) is 0. The third kappa shape index (κ3) is 2.19. The number of nitrogens with zero attached hydrogens (tertiary/aromatic N) is 2. The standard InChI is InChI=1S/C12H20N2O2/c1-3-12(4-2,9-13)11(16)14-6-5-10(7-14)8-15/h10,15H,3-8H2,1-2H3. The van der Waals surface area contributed by atoms with Crippen molar-refractivity contribution >= 4 is 5.91 Å². The first kappa shape index (κ1) is 13.0. The predicted octanol–water partition coefficient (Wildman–Crippen LogP) is 1.16. The second-order valence-corrected chi connectivity index (χ2v) is 4.49. The van der Waals surface area contributed by atoms with E-state index in [0.29, 0.717) is 25.9 Å². The summed E-state index contributed by atoms with van der Waals surface area (Å²) in [6.45, 7) is 5.16. The SMILES string of the molecule is CCC(C#N)(CC)C(=O)N1CCC(CO)C1. The molecular weight excluding hydrogens is 204 g/mol. The molecule has 1 aliphatic heterocycles. The number of carbonyl (C=O) groups is 1. The Bertz CT molecular complexity index is 292. The van der Waals surface area contributed by atoms with E-state index in [1.165, 1.54) is 0 Å². The number of aliphatic hydroxyl groups is 1. The molecule has 1 fully saturated rings.